The topological polar surface area (TPSA) is 37.8 Å². The summed E-state index contributed by atoms with van der Waals surface area (Å²) in [6.45, 7) is 12.2. The first-order chi connectivity index (χ1) is 11.7. The highest BCUT2D eigenvalue weighted by atomic mass is 35.5. The maximum atomic E-state index is 12.7. The van der Waals surface area contributed by atoms with E-state index < -0.39 is 11.7 Å². The van der Waals surface area contributed by atoms with Crippen LogP contribution in [0.4, 0.5) is 24.8 Å². The van der Waals surface area contributed by atoms with Crippen molar-refractivity contribution in [3.8, 4) is 0 Å². The Labute approximate surface area is 157 Å². The molecule has 142 valence electrons. The highest BCUT2D eigenvalue weighted by molar-refractivity contribution is 6.30. The Morgan fingerprint density at radius 3 is 1.81 bits per heavy atom. The number of nitrogens with zero attached hydrogens (tertiary/aromatic N) is 2. The van der Waals surface area contributed by atoms with Gasteiger partial charge >= 0.3 is 6.18 Å². The van der Waals surface area contributed by atoms with Crippen LogP contribution in [-0.4, -0.2) is 9.97 Å². The zero-order valence-electron chi connectivity index (χ0n) is 15.7. The molecule has 1 heterocycles. The Balaban J connectivity index is 2.44. The van der Waals surface area contributed by atoms with E-state index in [4.69, 9.17) is 11.6 Å². The molecule has 7 heteroatoms. The summed E-state index contributed by atoms with van der Waals surface area (Å²) in [7, 11) is 0. The predicted octanol–water partition coefficient (Wildman–Crippen LogP) is 6.49. The van der Waals surface area contributed by atoms with Crippen molar-refractivity contribution in [3.63, 3.8) is 0 Å². The van der Waals surface area contributed by atoms with Crippen molar-refractivity contribution in [2.24, 2.45) is 0 Å². The van der Waals surface area contributed by atoms with Crippen molar-refractivity contribution in [1.82, 2.24) is 9.97 Å². The lowest BCUT2D eigenvalue weighted by Crippen LogP contribution is -2.25. The van der Waals surface area contributed by atoms with E-state index in [1.807, 2.05) is 41.5 Å². The third kappa shape index (κ3) is 4.67. The fourth-order valence-corrected chi connectivity index (χ4v) is 3.02. The van der Waals surface area contributed by atoms with Gasteiger partial charge in [-0.2, -0.15) is 13.2 Å². The fourth-order valence-electron chi connectivity index (χ4n) is 2.57. The molecule has 0 unspecified atom stereocenters. The second-order valence-corrected chi connectivity index (χ2v) is 8.62. The number of hydrogen-bond donors (Lipinski definition) is 1. The van der Waals surface area contributed by atoms with Gasteiger partial charge in [-0.3, -0.25) is 0 Å². The third-order valence-corrected chi connectivity index (χ3v) is 4.07. The van der Waals surface area contributed by atoms with Gasteiger partial charge in [0.1, 0.15) is 5.15 Å². The molecule has 0 aliphatic carbocycles. The molecule has 0 aliphatic rings. The molecule has 0 saturated carbocycles. The smallest absolute Gasteiger partial charge is 0.324 e. The van der Waals surface area contributed by atoms with Gasteiger partial charge in [-0.1, -0.05) is 53.1 Å². The summed E-state index contributed by atoms with van der Waals surface area (Å²) in [5.41, 5.74) is 0.903. The maximum Gasteiger partial charge on any atom is 0.416 e. The largest absolute Gasteiger partial charge is 0.416 e. The van der Waals surface area contributed by atoms with E-state index in [1.165, 1.54) is 12.1 Å². The van der Waals surface area contributed by atoms with Crippen LogP contribution in [0.5, 0.6) is 0 Å². The number of benzene rings is 1. The van der Waals surface area contributed by atoms with Gasteiger partial charge < -0.3 is 5.32 Å². The van der Waals surface area contributed by atoms with Gasteiger partial charge in [0.2, 0.25) is 5.95 Å². The molecule has 2 rings (SSSR count). The van der Waals surface area contributed by atoms with Gasteiger partial charge in [-0.05, 0) is 29.7 Å². The fraction of sp³-hybridized carbons (Fsp3) is 0.474. The average Bonchev–Trinajstić information content (AvgIpc) is 2.43. The summed E-state index contributed by atoms with van der Waals surface area (Å²) in [4.78, 5) is 8.91. The van der Waals surface area contributed by atoms with Gasteiger partial charge in [-0.15, -0.1) is 0 Å². The molecule has 0 bridgehead atoms. The van der Waals surface area contributed by atoms with Gasteiger partial charge in [0, 0.05) is 16.7 Å². The first-order valence-corrected chi connectivity index (χ1v) is 8.60. The normalized spacial score (nSPS) is 13.0. The van der Waals surface area contributed by atoms with Crippen molar-refractivity contribution in [2.45, 2.75) is 58.5 Å². The molecule has 1 aromatic carbocycles. The van der Waals surface area contributed by atoms with E-state index in [1.54, 1.807) is 0 Å². The van der Waals surface area contributed by atoms with Gasteiger partial charge in [0.05, 0.1) is 11.3 Å². The summed E-state index contributed by atoms with van der Waals surface area (Å²) < 4.78 is 38.0. The minimum absolute atomic E-state index is 0.243. The van der Waals surface area contributed by atoms with Crippen molar-refractivity contribution in [2.75, 3.05) is 5.32 Å². The van der Waals surface area contributed by atoms with Crippen LogP contribution in [0, 0.1) is 0 Å². The summed E-state index contributed by atoms with van der Waals surface area (Å²) in [5, 5.41) is 3.28. The highest BCUT2D eigenvalue weighted by Gasteiger charge is 2.31. The molecule has 0 fully saturated rings. The van der Waals surface area contributed by atoms with Crippen molar-refractivity contribution < 1.29 is 13.2 Å². The zero-order chi connectivity index (χ0) is 19.9. The number of anilines is 2. The standard InChI is InChI=1S/C19H23ClF3N3/c1-17(2,3)13-14(18(4,5)6)25-16(26-15(13)20)24-12-9-7-11(8-10-12)19(21,22)23/h7-10H,1-6H3,(H,24,25,26). The molecule has 0 saturated heterocycles. The molecule has 0 aliphatic heterocycles. The molecular weight excluding hydrogens is 363 g/mol. The molecular formula is C19H23ClF3N3. The quantitative estimate of drug-likeness (QED) is 0.600. The number of alkyl halides is 3. The maximum absolute atomic E-state index is 12.7. The summed E-state index contributed by atoms with van der Waals surface area (Å²) in [6, 6.07) is 4.71. The van der Waals surface area contributed by atoms with Crippen molar-refractivity contribution in [1.29, 1.82) is 0 Å². The monoisotopic (exact) mass is 385 g/mol. The average molecular weight is 386 g/mol. The first-order valence-electron chi connectivity index (χ1n) is 8.22. The van der Waals surface area contributed by atoms with Crippen molar-refractivity contribution >= 4 is 23.2 Å². The molecule has 1 aromatic heterocycles. The molecule has 2 aromatic rings. The van der Waals surface area contributed by atoms with Gasteiger partial charge in [0.25, 0.3) is 0 Å². The van der Waals surface area contributed by atoms with E-state index in [-0.39, 0.29) is 16.8 Å². The number of aromatic nitrogens is 2. The van der Waals surface area contributed by atoms with E-state index in [0.29, 0.717) is 10.8 Å². The SMILES string of the molecule is CC(C)(C)c1nc(Nc2ccc(C(F)(F)F)cc2)nc(Cl)c1C(C)(C)C. The van der Waals surface area contributed by atoms with Gasteiger partial charge in [-0.25, -0.2) is 9.97 Å². The number of rotatable bonds is 2. The van der Waals surface area contributed by atoms with Crippen LogP contribution >= 0.6 is 11.6 Å². The first kappa shape index (κ1) is 20.5. The zero-order valence-corrected chi connectivity index (χ0v) is 16.5. The lowest BCUT2D eigenvalue weighted by atomic mass is 9.79. The lowest BCUT2D eigenvalue weighted by Gasteiger charge is -2.29. The van der Waals surface area contributed by atoms with Crippen LogP contribution in [-0.2, 0) is 17.0 Å². The van der Waals surface area contributed by atoms with E-state index in [0.717, 1.165) is 23.4 Å². The van der Waals surface area contributed by atoms with Crippen LogP contribution < -0.4 is 5.32 Å². The molecule has 26 heavy (non-hydrogen) atoms. The Morgan fingerprint density at radius 2 is 1.38 bits per heavy atom. The second-order valence-electron chi connectivity index (χ2n) is 8.26. The number of hydrogen-bond acceptors (Lipinski definition) is 3. The Kier molecular flexibility index (Phi) is 5.30. The molecule has 0 amide bonds. The Bertz CT molecular complexity index is 786. The van der Waals surface area contributed by atoms with E-state index in [2.05, 4.69) is 15.3 Å². The van der Waals surface area contributed by atoms with E-state index >= 15 is 0 Å². The minimum Gasteiger partial charge on any atom is -0.324 e. The van der Waals surface area contributed by atoms with Crippen LogP contribution in [0.3, 0.4) is 0 Å². The number of nitrogens with one attached hydrogen (secondary N) is 1. The van der Waals surface area contributed by atoms with Crippen molar-refractivity contribution in [3.05, 3.63) is 46.2 Å². The highest BCUT2D eigenvalue weighted by Crippen LogP contribution is 2.37. The summed E-state index contributed by atoms with van der Waals surface area (Å²) >= 11 is 6.44. The predicted molar refractivity (Wildman–Crippen MR) is 99.2 cm³/mol. The van der Waals surface area contributed by atoms with Crippen LogP contribution in [0.2, 0.25) is 5.15 Å². The molecule has 3 nitrogen and oxygen atoms in total. The van der Waals surface area contributed by atoms with Crippen LogP contribution in [0.1, 0.15) is 58.4 Å². The molecule has 0 spiro atoms. The van der Waals surface area contributed by atoms with E-state index in [9.17, 15) is 13.2 Å². The van der Waals surface area contributed by atoms with Crippen LogP contribution in [0.25, 0.3) is 0 Å². The van der Waals surface area contributed by atoms with Gasteiger partial charge in [0.15, 0.2) is 0 Å². The Morgan fingerprint density at radius 1 is 0.846 bits per heavy atom. The Hall–Kier alpha value is -1.82. The number of halogens is 4. The summed E-state index contributed by atoms with van der Waals surface area (Å²) in [6.07, 6.45) is -4.37. The van der Waals surface area contributed by atoms with Crippen LogP contribution in [0.15, 0.2) is 24.3 Å². The minimum atomic E-state index is -4.37. The molecule has 0 atom stereocenters. The second kappa shape index (κ2) is 6.72. The molecule has 0 radical (unpaired) electrons. The summed E-state index contributed by atoms with van der Waals surface area (Å²) in [5.74, 6) is 0.257. The third-order valence-electron chi connectivity index (χ3n) is 3.79. The lowest BCUT2D eigenvalue weighted by molar-refractivity contribution is -0.137. The molecule has 1 N–H and O–H groups in total.